The second-order valence-corrected chi connectivity index (χ2v) is 15.9. The van der Waals surface area contributed by atoms with Crippen LogP contribution in [0.15, 0.2) is 50.2 Å². The average Bonchev–Trinajstić information content (AvgIpc) is 3.84. The van der Waals surface area contributed by atoms with E-state index in [0.717, 1.165) is 69.2 Å². The van der Waals surface area contributed by atoms with Crippen LogP contribution in [-0.2, 0) is 17.4 Å². The first-order chi connectivity index (χ1) is 25.4. The summed E-state index contributed by atoms with van der Waals surface area (Å²) < 4.78 is 15.2. The van der Waals surface area contributed by atoms with Gasteiger partial charge in [0.2, 0.25) is 5.91 Å². The van der Waals surface area contributed by atoms with Crippen molar-refractivity contribution in [2.24, 2.45) is 13.0 Å². The van der Waals surface area contributed by atoms with Crippen LogP contribution in [0.4, 0.5) is 5.69 Å². The van der Waals surface area contributed by atoms with Crippen molar-refractivity contribution in [3.8, 4) is 0 Å². The van der Waals surface area contributed by atoms with E-state index in [2.05, 4.69) is 38.7 Å². The highest BCUT2D eigenvalue weighted by Gasteiger charge is 2.32. The zero-order valence-corrected chi connectivity index (χ0v) is 31.0. The van der Waals surface area contributed by atoms with E-state index < -0.39 is 11.5 Å². The number of amides is 2. The van der Waals surface area contributed by atoms with Crippen molar-refractivity contribution in [3.63, 3.8) is 0 Å². The summed E-state index contributed by atoms with van der Waals surface area (Å²) in [7, 11) is 1.88. The molecule has 3 N–H and O–H groups in total. The number of rotatable bonds is 8. The van der Waals surface area contributed by atoms with Gasteiger partial charge >= 0.3 is 5.69 Å². The van der Waals surface area contributed by atoms with Gasteiger partial charge in [0.25, 0.3) is 5.91 Å². The van der Waals surface area contributed by atoms with Gasteiger partial charge in [-0.05, 0) is 101 Å². The number of carbonyl (C=O) groups is 2. The van der Waals surface area contributed by atoms with Gasteiger partial charge in [-0.25, -0.2) is 14.8 Å². The molecule has 13 heteroatoms. The molecule has 1 aliphatic carbocycles. The van der Waals surface area contributed by atoms with E-state index in [9.17, 15) is 19.5 Å². The molecule has 5 aromatic rings. The molecule has 280 valence electrons. The first-order valence-corrected chi connectivity index (χ1v) is 19.0. The van der Waals surface area contributed by atoms with Gasteiger partial charge in [-0.3, -0.25) is 18.7 Å². The number of oxazole rings is 2. The van der Waals surface area contributed by atoms with Gasteiger partial charge in [-0.15, -0.1) is 0 Å². The standard InChI is InChI=1S/C40H49N7O6/c1-23-42-32(22-52-23)37(49)43-30-19-34-31(18-29(30)40(2,3)51)44-38(53-34)26-10-8-24(9-11-26)21-46-16-14-25(15-17-46)28-6-5-7-33-36(28)45(4)39(50)47(33)27-12-13-35(48)41-20-27/h5-7,18-19,22,24-27,51H,8-17,20-21H2,1-4H3,(H,41,48)(H,43,49). The maximum atomic E-state index is 13.4. The van der Waals surface area contributed by atoms with Crippen LogP contribution in [0.1, 0.15) is 116 Å². The minimum absolute atomic E-state index is 0.00851. The molecule has 53 heavy (non-hydrogen) atoms. The molecule has 5 heterocycles. The van der Waals surface area contributed by atoms with Crippen molar-refractivity contribution < 1.29 is 23.5 Å². The van der Waals surface area contributed by atoms with E-state index in [1.807, 2.05) is 16.2 Å². The van der Waals surface area contributed by atoms with Crippen LogP contribution in [0.25, 0.3) is 22.1 Å². The predicted octanol–water partition coefficient (Wildman–Crippen LogP) is 5.86. The summed E-state index contributed by atoms with van der Waals surface area (Å²) in [6.45, 7) is 8.68. The Balaban J connectivity index is 0.890. The molecule has 3 fully saturated rings. The van der Waals surface area contributed by atoms with E-state index in [1.54, 1.807) is 32.9 Å². The zero-order valence-electron chi connectivity index (χ0n) is 31.0. The normalized spacial score (nSPS) is 22.1. The lowest BCUT2D eigenvalue weighted by Gasteiger charge is -2.36. The van der Waals surface area contributed by atoms with E-state index in [1.165, 1.54) is 11.8 Å². The summed E-state index contributed by atoms with van der Waals surface area (Å²) >= 11 is 0. The number of benzene rings is 2. The van der Waals surface area contributed by atoms with Crippen molar-refractivity contribution in [2.75, 3.05) is 31.5 Å². The van der Waals surface area contributed by atoms with Crippen LogP contribution in [0.3, 0.4) is 0 Å². The number of hydrogen-bond donors (Lipinski definition) is 3. The third-order valence-corrected chi connectivity index (χ3v) is 11.8. The molecule has 0 spiro atoms. The van der Waals surface area contributed by atoms with Crippen LogP contribution >= 0.6 is 0 Å². The molecule has 0 radical (unpaired) electrons. The topological polar surface area (TPSA) is 161 Å². The molecule has 3 aromatic heterocycles. The number of piperidine rings is 2. The SMILES string of the molecule is Cc1nc(C(=O)Nc2cc3oc(C4CCC(CN5CCC(c6cccc7c6n(C)c(=O)n7C6CCC(=O)NC6)CC5)CC4)nc3cc2C(C)(C)O)co1. The van der Waals surface area contributed by atoms with Gasteiger partial charge in [0.1, 0.15) is 11.8 Å². The highest BCUT2D eigenvalue weighted by molar-refractivity contribution is 6.04. The van der Waals surface area contributed by atoms with Crippen molar-refractivity contribution in [1.82, 2.24) is 29.3 Å². The van der Waals surface area contributed by atoms with E-state index in [4.69, 9.17) is 13.8 Å². The summed E-state index contributed by atoms with van der Waals surface area (Å²) in [5.74, 6) is 1.96. The highest BCUT2D eigenvalue weighted by Crippen LogP contribution is 2.40. The molecule has 8 rings (SSSR count). The molecule has 1 saturated carbocycles. The predicted molar refractivity (Wildman–Crippen MR) is 200 cm³/mol. The van der Waals surface area contributed by atoms with E-state index in [-0.39, 0.29) is 29.3 Å². The Bertz CT molecular complexity index is 2210. The van der Waals surface area contributed by atoms with Gasteiger partial charge in [-0.1, -0.05) is 12.1 Å². The number of imidazole rings is 1. The number of aryl methyl sites for hydroxylation is 2. The van der Waals surface area contributed by atoms with Crippen LogP contribution in [0.5, 0.6) is 0 Å². The number of nitrogens with one attached hydrogen (secondary N) is 2. The molecule has 13 nitrogen and oxygen atoms in total. The number of carbonyl (C=O) groups excluding carboxylic acids is 2. The smallest absolute Gasteiger partial charge is 0.329 e. The molecule has 2 aliphatic heterocycles. The Hall–Kier alpha value is -4.75. The van der Waals surface area contributed by atoms with Crippen LogP contribution in [0.2, 0.25) is 0 Å². The maximum Gasteiger partial charge on any atom is 0.329 e. The Kier molecular flexibility index (Phi) is 9.26. The van der Waals surface area contributed by atoms with Crippen LogP contribution in [-0.4, -0.2) is 67.1 Å². The molecule has 2 aromatic carbocycles. The maximum absolute atomic E-state index is 13.4. The van der Waals surface area contributed by atoms with Crippen molar-refractivity contribution in [1.29, 1.82) is 0 Å². The van der Waals surface area contributed by atoms with E-state index >= 15 is 0 Å². The summed E-state index contributed by atoms with van der Waals surface area (Å²) in [5, 5.41) is 16.8. The van der Waals surface area contributed by atoms with Gasteiger partial charge in [0.05, 0.1) is 28.4 Å². The fraction of sp³-hybridized carbons (Fsp3) is 0.525. The number of fused-ring (bicyclic) bond motifs is 2. The summed E-state index contributed by atoms with van der Waals surface area (Å²) in [6, 6.07) is 9.86. The number of aliphatic hydroxyl groups is 1. The lowest BCUT2D eigenvalue weighted by Crippen LogP contribution is -2.39. The van der Waals surface area contributed by atoms with Crippen LogP contribution < -0.4 is 16.3 Å². The lowest BCUT2D eigenvalue weighted by atomic mass is 9.81. The van der Waals surface area contributed by atoms with Crippen molar-refractivity contribution >= 4 is 39.6 Å². The largest absolute Gasteiger partial charge is 0.448 e. The Morgan fingerprint density at radius 1 is 1.04 bits per heavy atom. The molecule has 1 unspecified atom stereocenters. The number of likely N-dealkylation sites (tertiary alicyclic amines) is 1. The number of aromatic nitrogens is 4. The average molecular weight is 724 g/mol. The number of nitrogens with zero attached hydrogens (tertiary/aromatic N) is 5. The Morgan fingerprint density at radius 3 is 2.49 bits per heavy atom. The second kappa shape index (κ2) is 13.9. The molecule has 2 saturated heterocycles. The molecule has 1 atom stereocenters. The Labute approximate surface area is 307 Å². The molecule has 0 bridgehead atoms. The van der Waals surface area contributed by atoms with Crippen molar-refractivity contribution in [3.05, 3.63) is 75.7 Å². The third kappa shape index (κ3) is 6.92. The highest BCUT2D eigenvalue weighted by atomic mass is 16.4. The van der Waals surface area contributed by atoms with Gasteiger partial charge in [0, 0.05) is 51.0 Å². The lowest BCUT2D eigenvalue weighted by molar-refractivity contribution is -0.122. The van der Waals surface area contributed by atoms with E-state index in [0.29, 0.717) is 65.4 Å². The number of hydrogen-bond acceptors (Lipinski definition) is 9. The second-order valence-electron chi connectivity index (χ2n) is 15.9. The van der Waals surface area contributed by atoms with Crippen molar-refractivity contribution in [2.45, 2.75) is 95.6 Å². The van der Waals surface area contributed by atoms with Gasteiger partial charge in [-0.2, -0.15) is 0 Å². The summed E-state index contributed by atoms with van der Waals surface area (Å²) in [5.41, 5.74) is 4.40. The molecule has 3 aliphatic rings. The number of anilines is 1. The zero-order chi connectivity index (χ0) is 37.0. The fourth-order valence-electron chi connectivity index (χ4n) is 8.90. The molecular formula is C40H49N7O6. The first kappa shape index (κ1) is 35.3. The number of para-hydroxylation sites is 1. The summed E-state index contributed by atoms with van der Waals surface area (Å²) in [4.78, 5) is 49.7. The quantitative estimate of drug-likeness (QED) is 0.178. The monoisotopic (exact) mass is 723 g/mol. The molecule has 2 amide bonds. The van der Waals surface area contributed by atoms with Gasteiger partial charge in [0.15, 0.2) is 23.1 Å². The summed E-state index contributed by atoms with van der Waals surface area (Å²) in [6.07, 6.45) is 8.77. The molecular weight excluding hydrogens is 674 g/mol. The van der Waals surface area contributed by atoms with Crippen LogP contribution in [0, 0.1) is 12.8 Å². The fourth-order valence-corrected chi connectivity index (χ4v) is 8.90. The minimum atomic E-state index is -1.23. The minimum Gasteiger partial charge on any atom is -0.448 e. The first-order valence-electron chi connectivity index (χ1n) is 19.0. The Morgan fingerprint density at radius 2 is 1.81 bits per heavy atom. The third-order valence-electron chi connectivity index (χ3n) is 11.8. The van der Waals surface area contributed by atoms with Gasteiger partial charge < -0.3 is 29.5 Å².